The Hall–Kier alpha value is -1.75. The molecule has 1 aromatic carbocycles. The summed E-state index contributed by atoms with van der Waals surface area (Å²) in [4.78, 5) is 16.6. The van der Waals surface area contributed by atoms with Crippen molar-refractivity contribution in [3.8, 4) is 0 Å². The second-order valence-electron chi connectivity index (χ2n) is 8.48. The number of hydrogen-bond donors (Lipinski definition) is 1. The van der Waals surface area contributed by atoms with E-state index in [0.29, 0.717) is 18.6 Å². The van der Waals surface area contributed by atoms with Gasteiger partial charge in [-0.1, -0.05) is 6.07 Å². The number of hydrogen-bond acceptors (Lipinski definition) is 4. The van der Waals surface area contributed by atoms with Crippen molar-refractivity contribution in [3.63, 3.8) is 0 Å². The molecule has 2 aliphatic heterocycles. The molecule has 0 bridgehead atoms. The van der Waals surface area contributed by atoms with Crippen molar-refractivity contribution in [3.05, 3.63) is 29.3 Å². The van der Waals surface area contributed by atoms with Crippen molar-refractivity contribution in [1.29, 1.82) is 0 Å². The third-order valence-electron chi connectivity index (χ3n) is 4.78. The molecule has 0 aliphatic carbocycles. The maximum absolute atomic E-state index is 12.3. The van der Waals surface area contributed by atoms with Crippen LogP contribution in [0.15, 0.2) is 18.2 Å². The number of benzene rings is 1. The number of nitrogens with one attached hydrogen (secondary N) is 1. The molecule has 2 atom stereocenters. The lowest BCUT2D eigenvalue weighted by Crippen LogP contribution is -2.54. The first-order valence-electron chi connectivity index (χ1n) is 9.32. The number of piperazine rings is 1. The lowest BCUT2D eigenvalue weighted by Gasteiger charge is -2.38. The number of fused-ring (bicyclic) bond motifs is 1. The predicted octanol–water partition coefficient (Wildman–Crippen LogP) is 3.17. The van der Waals surface area contributed by atoms with E-state index < -0.39 is 5.60 Å². The molecule has 0 radical (unpaired) electrons. The van der Waals surface area contributed by atoms with Gasteiger partial charge < -0.3 is 19.9 Å². The molecule has 1 aromatic rings. The largest absolute Gasteiger partial charge is 0.444 e. The Morgan fingerprint density at radius 2 is 1.84 bits per heavy atom. The zero-order valence-corrected chi connectivity index (χ0v) is 16.1. The fourth-order valence-electron chi connectivity index (χ4n) is 3.76. The minimum atomic E-state index is -0.448. The highest BCUT2D eigenvalue weighted by Gasteiger charge is 2.27. The van der Waals surface area contributed by atoms with Crippen molar-refractivity contribution in [1.82, 2.24) is 10.2 Å². The molecule has 1 saturated heterocycles. The molecule has 1 N–H and O–H groups in total. The van der Waals surface area contributed by atoms with Gasteiger partial charge in [0.15, 0.2) is 0 Å². The second kappa shape index (κ2) is 6.87. The summed E-state index contributed by atoms with van der Waals surface area (Å²) < 4.78 is 5.51. The molecular formula is C20H31N3O2. The Morgan fingerprint density at radius 3 is 2.48 bits per heavy atom. The van der Waals surface area contributed by atoms with Crippen LogP contribution in [-0.2, 0) is 17.7 Å². The monoisotopic (exact) mass is 345 g/mol. The Labute approximate surface area is 151 Å². The maximum Gasteiger partial charge on any atom is 0.410 e. The lowest BCUT2D eigenvalue weighted by atomic mass is 9.98. The number of rotatable bonds is 1. The zero-order valence-electron chi connectivity index (χ0n) is 16.1. The van der Waals surface area contributed by atoms with Crippen molar-refractivity contribution in [2.45, 2.75) is 65.3 Å². The molecule has 0 aromatic heterocycles. The van der Waals surface area contributed by atoms with Gasteiger partial charge in [-0.25, -0.2) is 4.79 Å². The summed E-state index contributed by atoms with van der Waals surface area (Å²) in [5, 5.41) is 3.58. The standard InChI is InChI=1S/C20H31N3O2/c1-14-11-23(12-15(2)21-14)18-7-6-17-13-22(9-8-16(17)10-18)19(24)25-20(3,4)5/h6-7,10,14-15,21H,8-9,11-13H2,1-5H3/t14-,15+. The molecule has 5 heteroatoms. The maximum atomic E-state index is 12.3. The van der Waals surface area contributed by atoms with E-state index in [-0.39, 0.29) is 6.09 Å². The van der Waals surface area contributed by atoms with Gasteiger partial charge in [0.1, 0.15) is 5.60 Å². The molecular weight excluding hydrogens is 314 g/mol. The molecule has 1 amide bonds. The van der Waals surface area contributed by atoms with Crippen LogP contribution in [0.25, 0.3) is 0 Å². The van der Waals surface area contributed by atoms with Gasteiger partial charge >= 0.3 is 6.09 Å². The quantitative estimate of drug-likeness (QED) is 0.849. The van der Waals surface area contributed by atoms with Crippen molar-refractivity contribution in [2.75, 3.05) is 24.5 Å². The first-order valence-corrected chi connectivity index (χ1v) is 9.32. The van der Waals surface area contributed by atoms with Crippen LogP contribution in [0, 0.1) is 0 Å². The second-order valence-corrected chi connectivity index (χ2v) is 8.48. The third kappa shape index (κ3) is 4.46. The molecule has 2 heterocycles. The summed E-state index contributed by atoms with van der Waals surface area (Å²) in [5.74, 6) is 0. The van der Waals surface area contributed by atoms with Crippen molar-refractivity contribution >= 4 is 11.8 Å². The van der Waals surface area contributed by atoms with Crippen molar-refractivity contribution in [2.24, 2.45) is 0 Å². The number of carbonyl (C=O) groups excluding carboxylic acids is 1. The van der Waals surface area contributed by atoms with Gasteiger partial charge in [-0.3, -0.25) is 0 Å². The summed E-state index contributed by atoms with van der Waals surface area (Å²) in [6.07, 6.45) is 0.673. The van der Waals surface area contributed by atoms with Gasteiger partial charge in [-0.05, 0) is 64.3 Å². The molecule has 5 nitrogen and oxygen atoms in total. The summed E-state index contributed by atoms with van der Waals surface area (Å²) in [7, 11) is 0. The Kier molecular flexibility index (Phi) is 4.96. The van der Waals surface area contributed by atoms with E-state index in [1.807, 2.05) is 25.7 Å². The molecule has 0 saturated carbocycles. The first-order chi connectivity index (χ1) is 11.7. The third-order valence-corrected chi connectivity index (χ3v) is 4.78. The highest BCUT2D eigenvalue weighted by Crippen LogP contribution is 2.27. The normalized spacial score (nSPS) is 24.0. The van der Waals surface area contributed by atoms with Gasteiger partial charge in [0.05, 0.1) is 0 Å². The van der Waals surface area contributed by atoms with E-state index in [4.69, 9.17) is 4.74 Å². The van der Waals surface area contributed by atoms with Gasteiger partial charge in [0.2, 0.25) is 0 Å². The summed E-state index contributed by atoms with van der Waals surface area (Å²) >= 11 is 0. The molecule has 3 rings (SSSR count). The highest BCUT2D eigenvalue weighted by molar-refractivity contribution is 5.69. The van der Waals surface area contributed by atoms with Gasteiger partial charge in [0.25, 0.3) is 0 Å². The lowest BCUT2D eigenvalue weighted by molar-refractivity contribution is 0.0224. The van der Waals surface area contributed by atoms with Crippen LogP contribution in [0.5, 0.6) is 0 Å². The van der Waals surface area contributed by atoms with Crippen molar-refractivity contribution < 1.29 is 9.53 Å². The minimum Gasteiger partial charge on any atom is -0.444 e. The zero-order chi connectivity index (χ0) is 18.2. The fourth-order valence-corrected chi connectivity index (χ4v) is 3.76. The van der Waals surface area contributed by atoms with E-state index in [9.17, 15) is 4.79 Å². The summed E-state index contributed by atoms with van der Waals surface area (Å²) in [5.41, 5.74) is 3.44. The van der Waals surface area contributed by atoms with Crippen LogP contribution in [0.1, 0.15) is 45.7 Å². The van der Waals surface area contributed by atoms with E-state index in [2.05, 4.69) is 42.3 Å². The first kappa shape index (κ1) is 18.1. The minimum absolute atomic E-state index is 0.216. The fraction of sp³-hybridized carbons (Fsp3) is 0.650. The molecule has 0 spiro atoms. The molecule has 1 fully saturated rings. The molecule has 138 valence electrons. The van der Waals surface area contributed by atoms with E-state index in [1.54, 1.807) is 0 Å². The number of anilines is 1. The Balaban J connectivity index is 1.70. The van der Waals surface area contributed by atoms with Crippen LogP contribution in [0.2, 0.25) is 0 Å². The topological polar surface area (TPSA) is 44.8 Å². The van der Waals surface area contributed by atoms with Gasteiger partial charge in [-0.2, -0.15) is 0 Å². The van der Waals surface area contributed by atoms with E-state index >= 15 is 0 Å². The Bertz CT molecular complexity index is 628. The highest BCUT2D eigenvalue weighted by atomic mass is 16.6. The molecule has 0 unspecified atom stereocenters. The van der Waals surface area contributed by atoms with Crippen LogP contribution in [0.3, 0.4) is 0 Å². The van der Waals surface area contributed by atoms with Crippen LogP contribution in [0.4, 0.5) is 10.5 Å². The SMILES string of the molecule is C[C@@H]1CN(c2ccc3c(c2)CCN(C(=O)OC(C)(C)C)C3)C[C@H](C)N1. The number of amides is 1. The summed E-state index contributed by atoms with van der Waals surface area (Å²) in [6, 6.07) is 7.69. The predicted molar refractivity (Wildman–Crippen MR) is 101 cm³/mol. The number of ether oxygens (including phenoxy) is 1. The Morgan fingerprint density at radius 1 is 1.16 bits per heavy atom. The molecule has 25 heavy (non-hydrogen) atoms. The molecule has 2 aliphatic rings. The smallest absolute Gasteiger partial charge is 0.410 e. The van der Waals surface area contributed by atoms with Crippen LogP contribution < -0.4 is 10.2 Å². The van der Waals surface area contributed by atoms with Crippen LogP contribution >= 0.6 is 0 Å². The number of nitrogens with zero attached hydrogens (tertiary/aromatic N) is 2. The number of carbonyl (C=O) groups is 1. The van der Waals surface area contributed by atoms with E-state index in [0.717, 1.165) is 26.1 Å². The summed E-state index contributed by atoms with van der Waals surface area (Å²) in [6.45, 7) is 13.6. The van der Waals surface area contributed by atoms with Crippen LogP contribution in [-0.4, -0.2) is 48.3 Å². The van der Waals surface area contributed by atoms with E-state index in [1.165, 1.54) is 16.8 Å². The average molecular weight is 345 g/mol. The average Bonchev–Trinajstić information content (AvgIpc) is 2.51. The van der Waals surface area contributed by atoms with Gasteiger partial charge in [-0.15, -0.1) is 0 Å². The van der Waals surface area contributed by atoms with Gasteiger partial charge in [0, 0.05) is 44.0 Å².